The summed E-state index contributed by atoms with van der Waals surface area (Å²) in [6.07, 6.45) is 1.37. The predicted molar refractivity (Wildman–Crippen MR) is 45.8 cm³/mol. The molecule has 13 heavy (non-hydrogen) atoms. The lowest BCUT2D eigenvalue weighted by molar-refractivity contribution is -0.142. The number of hydrogen-bond donors (Lipinski definition) is 2. The van der Waals surface area contributed by atoms with Gasteiger partial charge in [-0.05, 0) is 7.05 Å². The number of esters is 1. The average molecular weight is 209 g/mol. The van der Waals surface area contributed by atoms with Crippen molar-refractivity contribution in [3.05, 3.63) is 12.7 Å². The second kappa shape index (κ2) is 5.14. The highest BCUT2D eigenvalue weighted by atomic mass is 31.2. The van der Waals surface area contributed by atoms with Gasteiger partial charge in [0.25, 0.3) is 0 Å². The molecule has 0 aromatic rings. The van der Waals surface area contributed by atoms with Gasteiger partial charge in [0, 0.05) is 0 Å². The van der Waals surface area contributed by atoms with Crippen LogP contribution < -0.4 is 0 Å². The summed E-state index contributed by atoms with van der Waals surface area (Å²) >= 11 is 0. The zero-order chi connectivity index (χ0) is 10.5. The predicted octanol–water partition coefficient (Wildman–Crippen LogP) is -0.260. The van der Waals surface area contributed by atoms with E-state index < -0.39 is 20.3 Å². The highest BCUT2D eigenvalue weighted by Crippen LogP contribution is 2.37. The molecule has 0 saturated heterocycles. The number of hydrogen-bond acceptors (Lipinski definition) is 3. The third-order valence-corrected chi connectivity index (χ3v) is 2.20. The Bertz CT molecular complexity index is 235. The summed E-state index contributed by atoms with van der Waals surface area (Å²) in [6, 6.07) is 0. The summed E-state index contributed by atoms with van der Waals surface area (Å²) in [5.41, 5.74) is 0. The van der Waals surface area contributed by atoms with E-state index in [1.165, 1.54) is 6.08 Å². The van der Waals surface area contributed by atoms with Crippen molar-refractivity contribution in [1.29, 1.82) is 0 Å². The standard InChI is InChI=1S/C6H12NO5P/c1-3-4-12-6(8)5-7(2)13(9,10)11/h3H,1,4-5H2,2H3,(H2,9,10,11). The summed E-state index contributed by atoms with van der Waals surface area (Å²) in [7, 11) is -3.20. The van der Waals surface area contributed by atoms with Gasteiger partial charge in [-0.3, -0.25) is 4.79 Å². The minimum Gasteiger partial charge on any atom is -0.460 e. The molecule has 7 heteroatoms. The van der Waals surface area contributed by atoms with Crippen molar-refractivity contribution in [3.63, 3.8) is 0 Å². The first-order valence-corrected chi connectivity index (χ1v) is 4.98. The van der Waals surface area contributed by atoms with E-state index in [1.54, 1.807) is 0 Å². The van der Waals surface area contributed by atoms with Crippen LogP contribution in [0.3, 0.4) is 0 Å². The number of nitrogens with zero attached hydrogens (tertiary/aromatic N) is 1. The maximum atomic E-state index is 10.8. The van der Waals surface area contributed by atoms with E-state index in [0.29, 0.717) is 4.67 Å². The van der Waals surface area contributed by atoms with Crippen LogP contribution in [-0.2, 0) is 14.1 Å². The fourth-order valence-electron chi connectivity index (χ4n) is 0.476. The minimum atomic E-state index is -4.34. The van der Waals surface area contributed by atoms with Crippen molar-refractivity contribution >= 4 is 13.7 Å². The Kier molecular flexibility index (Phi) is 4.87. The maximum Gasteiger partial charge on any atom is 0.403 e. The smallest absolute Gasteiger partial charge is 0.403 e. The van der Waals surface area contributed by atoms with Crippen molar-refractivity contribution < 1.29 is 23.9 Å². The van der Waals surface area contributed by atoms with Crippen molar-refractivity contribution in [2.75, 3.05) is 20.2 Å². The molecule has 0 aromatic carbocycles. The van der Waals surface area contributed by atoms with Crippen LogP contribution in [0.4, 0.5) is 0 Å². The number of likely N-dealkylation sites (N-methyl/N-ethyl adjacent to an activating group) is 1. The maximum absolute atomic E-state index is 10.8. The summed E-state index contributed by atoms with van der Waals surface area (Å²) in [5, 5.41) is 0. The first kappa shape index (κ1) is 12.3. The molecular weight excluding hydrogens is 197 g/mol. The Morgan fingerprint density at radius 2 is 2.23 bits per heavy atom. The zero-order valence-corrected chi connectivity index (χ0v) is 8.11. The molecule has 0 radical (unpaired) electrons. The van der Waals surface area contributed by atoms with Crippen molar-refractivity contribution in [2.24, 2.45) is 0 Å². The van der Waals surface area contributed by atoms with Crippen molar-refractivity contribution in [3.8, 4) is 0 Å². The molecule has 0 aliphatic rings. The Hall–Kier alpha value is -0.680. The summed E-state index contributed by atoms with van der Waals surface area (Å²) < 4.78 is 15.7. The summed E-state index contributed by atoms with van der Waals surface area (Å²) in [5.74, 6) is -0.703. The summed E-state index contributed by atoms with van der Waals surface area (Å²) in [4.78, 5) is 27.9. The largest absolute Gasteiger partial charge is 0.460 e. The van der Waals surface area contributed by atoms with Crippen LogP contribution >= 0.6 is 7.75 Å². The van der Waals surface area contributed by atoms with Gasteiger partial charge in [0.1, 0.15) is 13.2 Å². The van der Waals surface area contributed by atoms with Gasteiger partial charge in [0.15, 0.2) is 0 Å². The van der Waals surface area contributed by atoms with Crippen molar-refractivity contribution in [2.45, 2.75) is 0 Å². The number of carbonyl (C=O) groups excluding carboxylic acids is 1. The molecule has 2 N–H and O–H groups in total. The molecule has 0 amide bonds. The Balaban J connectivity index is 3.92. The van der Waals surface area contributed by atoms with Crippen molar-refractivity contribution in [1.82, 2.24) is 4.67 Å². The Morgan fingerprint density at radius 3 is 2.62 bits per heavy atom. The highest BCUT2D eigenvalue weighted by molar-refractivity contribution is 7.49. The van der Waals surface area contributed by atoms with E-state index in [4.69, 9.17) is 9.79 Å². The van der Waals surface area contributed by atoms with Gasteiger partial charge >= 0.3 is 13.7 Å². The van der Waals surface area contributed by atoms with Gasteiger partial charge in [0.2, 0.25) is 0 Å². The van der Waals surface area contributed by atoms with E-state index in [0.717, 1.165) is 7.05 Å². The zero-order valence-electron chi connectivity index (χ0n) is 7.21. The van der Waals surface area contributed by atoms with Crippen LogP contribution in [0.15, 0.2) is 12.7 Å². The lowest BCUT2D eigenvalue weighted by Gasteiger charge is -2.15. The fraction of sp³-hybridized carbons (Fsp3) is 0.500. The molecule has 0 rings (SSSR count). The van der Waals surface area contributed by atoms with Crippen LogP contribution in [0.1, 0.15) is 0 Å². The molecule has 0 saturated carbocycles. The van der Waals surface area contributed by atoms with Gasteiger partial charge in [-0.2, -0.15) is 0 Å². The van der Waals surface area contributed by atoms with E-state index in [2.05, 4.69) is 11.3 Å². The lowest BCUT2D eigenvalue weighted by Crippen LogP contribution is -2.24. The fourth-order valence-corrected chi connectivity index (χ4v) is 0.776. The third-order valence-electron chi connectivity index (χ3n) is 1.16. The van der Waals surface area contributed by atoms with E-state index in [1.807, 2.05) is 0 Å². The quantitative estimate of drug-likeness (QED) is 0.368. The minimum absolute atomic E-state index is 0.0355. The number of rotatable bonds is 5. The molecule has 0 heterocycles. The molecule has 0 spiro atoms. The molecule has 0 aromatic heterocycles. The molecule has 76 valence electrons. The van der Waals surface area contributed by atoms with Gasteiger partial charge in [-0.1, -0.05) is 12.7 Å². The topological polar surface area (TPSA) is 87.1 Å². The van der Waals surface area contributed by atoms with Crippen LogP contribution in [-0.4, -0.2) is 40.6 Å². The second-order valence-electron chi connectivity index (χ2n) is 2.30. The van der Waals surface area contributed by atoms with Crippen LogP contribution in [0.2, 0.25) is 0 Å². The Labute approximate surface area is 76.0 Å². The SMILES string of the molecule is C=CCOC(=O)CN(C)P(=O)(O)O. The first-order valence-electron chi connectivity index (χ1n) is 3.41. The van der Waals surface area contributed by atoms with Crippen LogP contribution in [0.5, 0.6) is 0 Å². The van der Waals surface area contributed by atoms with Gasteiger partial charge in [-0.25, -0.2) is 9.24 Å². The molecule has 0 atom stereocenters. The molecule has 0 unspecified atom stereocenters. The molecule has 0 bridgehead atoms. The normalized spacial score (nSPS) is 11.4. The van der Waals surface area contributed by atoms with Crippen LogP contribution in [0, 0.1) is 0 Å². The molecule has 6 nitrogen and oxygen atoms in total. The van der Waals surface area contributed by atoms with E-state index >= 15 is 0 Å². The first-order chi connectivity index (χ1) is 5.88. The molecule has 0 aliphatic heterocycles. The number of carbonyl (C=O) groups is 1. The van der Waals surface area contributed by atoms with Gasteiger partial charge in [-0.15, -0.1) is 0 Å². The molecule has 0 fully saturated rings. The molecular formula is C6H12NO5P. The van der Waals surface area contributed by atoms with Crippen LogP contribution in [0.25, 0.3) is 0 Å². The second-order valence-corrected chi connectivity index (χ2v) is 4.01. The van der Waals surface area contributed by atoms with E-state index in [9.17, 15) is 9.36 Å². The lowest BCUT2D eigenvalue weighted by atomic mass is 10.6. The van der Waals surface area contributed by atoms with E-state index in [-0.39, 0.29) is 6.61 Å². The average Bonchev–Trinajstić information content (AvgIpc) is 1.99. The molecule has 0 aliphatic carbocycles. The monoisotopic (exact) mass is 209 g/mol. The van der Waals surface area contributed by atoms with Gasteiger partial charge < -0.3 is 14.5 Å². The Morgan fingerprint density at radius 1 is 1.69 bits per heavy atom. The summed E-state index contributed by atoms with van der Waals surface area (Å²) in [6.45, 7) is 2.91. The van der Waals surface area contributed by atoms with Gasteiger partial charge in [0.05, 0.1) is 0 Å². The highest BCUT2D eigenvalue weighted by Gasteiger charge is 2.23. The number of ether oxygens (including phenoxy) is 1. The third kappa shape index (κ3) is 5.54.